The fourth-order valence-electron chi connectivity index (χ4n) is 3.08. The molecule has 0 saturated heterocycles. The van der Waals surface area contributed by atoms with Crippen LogP contribution in [0.15, 0.2) is 78.9 Å². The van der Waals surface area contributed by atoms with Crippen molar-refractivity contribution in [2.24, 2.45) is 0 Å². The van der Waals surface area contributed by atoms with E-state index < -0.39 is 0 Å². The molecule has 0 bridgehead atoms. The van der Waals surface area contributed by atoms with Crippen LogP contribution in [0.4, 0.5) is 5.69 Å². The second-order valence-electron chi connectivity index (χ2n) is 5.86. The molecule has 0 spiro atoms. The highest BCUT2D eigenvalue weighted by Gasteiger charge is 2.18. The number of fused-ring (bicyclic) bond motifs is 1. The Morgan fingerprint density at radius 3 is 2.26 bits per heavy atom. The summed E-state index contributed by atoms with van der Waals surface area (Å²) < 4.78 is 5.85. The summed E-state index contributed by atoms with van der Waals surface area (Å²) in [5.74, 6) is 1.75. The Bertz CT molecular complexity index is 780. The third-order valence-corrected chi connectivity index (χ3v) is 4.26. The van der Waals surface area contributed by atoms with E-state index in [1.807, 2.05) is 42.5 Å². The Hall–Kier alpha value is -2.74. The Morgan fingerprint density at radius 1 is 0.739 bits per heavy atom. The minimum absolute atomic E-state index is 0.869. The highest BCUT2D eigenvalue weighted by Crippen LogP contribution is 2.29. The van der Waals surface area contributed by atoms with Crippen molar-refractivity contribution in [2.75, 3.05) is 11.4 Å². The molecule has 0 fully saturated rings. The summed E-state index contributed by atoms with van der Waals surface area (Å²) in [6.45, 7) is 2.05. The molecule has 23 heavy (non-hydrogen) atoms. The first-order chi connectivity index (χ1) is 11.4. The van der Waals surface area contributed by atoms with E-state index in [4.69, 9.17) is 4.74 Å². The lowest BCUT2D eigenvalue weighted by Crippen LogP contribution is -2.19. The summed E-state index contributed by atoms with van der Waals surface area (Å²) >= 11 is 0. The highest BCUT2D eigenvalue weighted by atomic mass is 16.5. The molecule has 1 aliphatic rings. The van der Waals surface area contributed by atoms with Crippen molar-refractivity contribution >= 4 is 5.69 Å². The second kappa shape index (κ2) is 6.17. The number of benzene rings is 3. The molecule has 2 heteroatoms. The molecule has 3 aromatic rings. The van der Waals surface area contributed by atoms with Crippen molar-refractivity contribution in [2.45, 2.75) is 13.0 Å². The molecule has 0 unspecified atom stereocenters. The van der Waals surface area contributed by atoms with E-state index >= 15 is 0 Å². The van der Waals surface area contributed by atoms with Crippen LogP contribution in [0.5, 0.6) is 11.5 Å². The van der Waals surface area contributed by atoms with Gasteiger partial charge in [0.25, 0.3) is 0 Å². The van der Waals surface area contributed by atoms with E-state index in [0.29, 0.717) is 0 Å². The van der Waals surface area contributed by atoms with E-state index in [1.165, 1.54) is 16.8 Å². The average molecular weight is 301 g/mol. The monoisotopic (exact) mass is 301 g/mol. The molecule has 0 saturated carbocycles. The fourth-order valence-corrected chi connectivity index (χ4v) is 3.08. The third kappa shape index (κ3) is 3.07. The van der Waals surface area contributed by atoms with Gasteiger partial charge in [0.2, 0.25) is 0 Å². The Balaban J connectivity index is 1.45. The van der Waals surface area contributed by atoms with Crippen molar-refractivity contribution in [1.29, 1.82) is 0 Å². The van der Waals surface area contributed by atoms with Gasteiger partial charge in [-0.05, 0) is 47.9 Å². The van der Waals surface area contributed by atoms with Gasteiger partial charge in [-0.1, -0.05) is 48.5 Å². The largest absolute Gasteiger partial charge is 0.457 e. The van der Waals surface area contributed by atoms with Gasteiger partial charge < -0.3 is 9.64 Å². The van der Waals surface area contributed by atoms with Crippen LogP contribution in [-0.2, 0) is 13.0 Å². The first kappa shape index (κ1) is 13.9. The number of hydrogen-bond donors (Lipinski definition) is 0. The maximum Gasteiger partial charge on any atom is 0.127 e. The summed E-state index contributed by atoms with van der Waals surface area (Å²) in [7, 11) is 0. The summed E-state index contributed by atoms with van der Waals surface area (Å²) in [6.07, 6.45) is 1.14. The van der Waals surface area contributed by atoms with Gasteiger partial charge in [-0.25, -0.2) is 0 Å². The van der Waals surface area contributed by atoms with Gasteiger partial charge in [0, 0.05) is 18.8 Å². The van der Waals surface area contributed by atoms with Gasteiger partial charge >= 0.3 is 0 Å². The molecular formula is C21H19NO. The molecule has 0 radical (unpaired) electrons. The molecule has 4 rings (SSSR count). The first-order valence-electron chi connectivity index (χ1n) is 8.03. The Morgan fingerprint density at radius 2 is 1.43 bits per heavy atom. The van der Waals surface area contributed by atoms with Crippen LogP contribution in [0.2, 0.25) is 0 Å². The van der Waals surface area contributed by atoms with E-state index in [1.54, 1.807) is 0 Å². The number of hydrogen-bond acceptors (Lipinski definition) is 2. The summed E-state index contributed by atoms with van der Waals surface area (Å²) in [5, 5.41) is 0. The van der Waals surface area contributed by atoms with E-state index in [2.05, 4.69) is 41.3 Å². The zero-order chi connectivity index (χ0) is 15.5. The maximum absolute atomic E-state index is 5.85. The van der Waals surface area contributed by atoms with E-state index in [9.17, 15) is 0 Å². The maximum atomic E-state index is 5.85. The summed E-state index contributed by atoms with van der Waals surface area (Å²) in [4.78, 5) is 2.45. The lowest BCUT2D eigenvalue weighted by atomic mass is 10.1. The van der Waals surface area contributed by atoms with Gasteiger partial charge in [-0.15, -0.1) is 0 Å². The molecule has 114 valence electrons. The Kier molecular flexibility index (Phi) is 3.73. The highest BCUT2D eigenvalue weighted by molar-refractivity contribution is 5.58. The number of ether oxygens (including phenoxy) is 1. The number of rotatable bonds is 4. The van der Waals surface area contributed by atoms with Crippen LogP contribution in [0.1, 0.15) is 11.1 Å². The SMILES string of the molecule is c1ccc(Oc2ccc(CN3CCc4ccccc43)cc2)cc1. The first-order valence-corrected chi connectivity index (χ1v) is 8.03. The molecule has 0 aromatic heterocycles. The van der Waals surface area contributed by atoms with Gasteiger partial charge in [0.05, 0.1) is 0 Å². The third-order valence-electron chi connectivity index (χ3n) is 4.26. The topological polar surface area (TPSA) is 12.5 Å². The van der Waals surface area contributed by atoms with Gasteiger partial charge in [0.1, 0.15) is 11.5 Å². The minimum Gasteiger partial charge on any atom is -0.457 e. The molecule has 1 aliphatic heterocycles. The molecule has 0 N–H and O–H groups in total. The molecule has 1 heterocycles. The molecule has 0 aliphatic carbocycles. The minimum atomic E-state index is 0.869. The van der Waals surface area contributed by atoms with Crippen LogP contribution < -0.4 is 9.64 Å². The van der Waals surface area contributed by atoms with E-state index in [0.717, 1.165) is 31.0 Å². The Labute approximate surface area is 137 Å². The second-order valence-corrected chi connectivity index (χ2v) is 5.86. The van der Waals surface area contributed by atoms with Gasteiger partial charge in [-0.2, -0.15) is 0 Å². The van der Waals surface area contributed by atoms with Gasteiger partial charge in [-0.3, -0.25) is 0 Å². The van der Waals surface area contributed by atoms with Crippen LogP contribution in [0, 0.1) is 0 Å². The molecule has 0 amide bonds. The molecule has 0 atom stereocenters. The van der Waals surface area contributed by atoms with Gasteiger partial charge in [0.15, 0.2) is 0 Å². The quantitative estimate of drug-likeness (QED) is 0.669. The normalized spacial score (nSPS) is 13.0. The lowest BCUT2D eigenvalue weighted by Gasteiger charge is -2.19. The fraction of sp³-hybridized carbons (Fsp3) is 0.143. The predicted octanol–water partition coefficient (Wildman–Crippen LogP) is 5.04. The van der Waals surface area contributed by atoms with E-state index in [-0.39, 0.29) is 0 Å². The van der Waals surface area contributed by atoms with Crippen molar-refractivity contribution in [3.8, 4) is 11.5 Å². The van der Waals surface area contributed by atoms with Crippen LogP contribution in [0.25, 0.3) is 0 Å². The lowest BCUT2D eigenvalue weighted by molar-refractivity contribution is 0.482. The van der Waals surface area contributed by atoms with Crippen molar-refractivity contribution in [1.82, 2.24) is 0 Å². The van der Waals surface area contributed by atoms with Crippen LogP contribution >= 0.6 is 0 Å². The summed E-state index contributed by atoms with van der Waals surface area (Å²) in [6, 6.07) is 27.0. The number of nitrogens with zero attached hydrogens (tertiary/aromatic N) is 1. The van der Waals surface area contributed by atoms with Crippen molar-refractivity contribution in [3.63, 3.8) is 0 Å². The zero-order valence-corrected chi connectivity index (χ0v) is 13.0. The zero-order valence-electron chi connectivity index (χ0n) is 13.0. The molecule has 2 nitrogen and oxygen atoms in total. The standard InChI is InChI=1S/C21H19NO/c1-2-7-19(8-3-1)23-20-12-10-17(11-13-20)16-22-15-14-18-6-4-5-9-21(18)22/h1-13H,14-16H2. The smallest absolute Gasteiger partial charge is 0.127 e. The number of para-hydroxylation sites is 2. The van der Waals surface area contributed by atoms with Crippen molar-refractivity contribution in [3.05, 3.63) is 90.0 Å². The average Bonchev–Trinajstić information content (AvgIpc) is 3.01. The molecular weight excluding hydrogens is 282 g/mol. The van der Waals surface area contributed by atoms with Crippen molar-refractivity contribution < 1.29 is 4.74 Å². The van der Waals surface area contributed by atoms with Crippen LogP contribution in [-0.4, -0.2) is 6.54 Å². The number of anilines is 1. The summed E-state index contributed by atoms with van der Waals surface area (Å²) in [5.41, 5.74) is 4.13. The van der Waals surface area contributed by atoms with Crippen LogP contribution in [0.3, 0.4) is 0 Å². The molecule has 3 aromatic carbocycles. The predicted molar refractivity (Wildman–Crippen MR) is 94.2 cm³/mol.